The molecule has 3 rings (SSSR count). The Morgan fingerprint density at radius 3 is 1.85 bits per heavy atom. The van der Waals surface area contributed by atoms with Gasteiger partial charge in [0.15, 0.2) is 0 Å². The third kappa shape index (κ3) is 13.9. The van der Waals surface area contributed by atoms with Crippen molar-refractivity contribution < 1.29 is 43.4 Å². The maximum absolute atomic E-state index is 13.9. The summed E-state index contributed by atoms with van der Waals surface area (Å²) in [5, 5.41) is 33.0. The molecule has 298 valence electrons. The van der Waals surface area contributed by atoms with Gasteiger partial charge in [0.05, 0.1) is 6.42 Å². The normalized spacial score (nSPS) is 13.5. The molecule has 1 aromatic heterocycles. The maximum atomic E-state index is 13.9. The van der Waals surface area contributed by atoms with E-state index in [2.05, 4.69) is 26.6 Å². The van der Waals surface area contributed by atoms with Crippen LogP contribution in [-0.4, -0.2) is 69.9 Å². The van der Waals surface area contributed by atoms with Crippen LogP contribution in [-0.2, 0) is 35.2 Å². The van der Waals surface area contributed by atoms with Crippen molar-refractivity contribution in [3.8, 4) is 5.75 Å². The highest BCUT2D eigenvalue weighted by Gasteiger charge is 2.33. The van der Waals surface area contributed by atoms with Crippen LogP contribution in [0, 0.1) is 24.7 Å². The fourth-order valence-corrected chi connectivity index (χ4v) is 5.92. The average molecular weight is 764 g/mol. The van der Waals surface area contributed by atoms with Crippen molar-refractivity contribution in [1.82, 2.24) is 21.3 Å². The van der Waals surface area contributed by atoms with Crippen molar-refractivity contribution in [2.45, 2.75) is 105 Å². The van der Waals surface area contributed by atoms with Gasteiger partial charge in [-0.05, 0) is 72.9 Å². The molecule has 2 unspecified atom stereocenters. The standard InChI is InChI=1S/C40H53N5O10/c1-21(2)16-29(42-33(47)14-15-34(48)49)38(52)43-30(17-22(3)4)39(53)45-36(23(5)6)40(54)44-31(19-25-8-11-27(46)12-9-25)37(51)41-26-10-13-28-24(7)18-35(50)55-32(28)20-26/h8-13,18,20-23,29-31,36,46H,14-17,19H2,1-7H3,(H,41,51)(H,42,47)(H,43,52)(H,44,54)(H,45,53)(H,48,49)/t29?,30?,31-,36-/m0/s1. The van der Waals surface area contributed by atoms with Gasteiger partial charge in [0, 0.05) is 36.0 Å². The summed E-state index contributed by atoms with van der Waals surface area (Å²) < 4.78 is 5.32. The number of hydrogen-bond acceptors (Lipinski definition) is 9. The zero-order chi connectivity index (χ0) is 41.0. The van der Waals surface area contributed by atoms with Gasteiger partial charge in [0.1, 0.15) is 35.5 Å². The van der Waals surface area contributed by atoms with E-state index in [1.165, 1.54) is 24.3 Å². The van der Waals surface area contributed by atoms with E-state index in [0.717, 1.165) is 0 Å². The quantitative estimate of drug-likeness (QED) is 0.0878. The van der Waals surface area contributed by atoms with Gasteiger partial charge in [-0.3, -0.25) is 28.8 Å². The molecule has 4 atom stereocenters. The van der Waals surface area contributed by atoms with Gasteiger partial charge in [-0.15, -0.1) is 0 Å². The number of fused-ring (bicyclic) bond motifs is 1. The molecule has 0 spiro atoms. The Labute approximate surface area is 320 Å². The second-order valence-electron chi connectivity index (χ2n) is 14.9. The molecule has 0 saturated carbocycles. The number of phenols is 1. The Hall–Kier alpha value is -5.73. The van der Waals surface area contributed by atoms with E-state index in [4.69, 9.17) is 9.52 Å². The lowest BCUT2D eigenvalue weighted by molar-refractivity contribution is -0.139. The molecule has 0 saturated heterocycles. The molecule has 7 N–H and O–H groups in total. The summed E-state index contributed by atoms with van der Waals surface area (Å²) in [7, 11) is 0. The highest BCUT2D eigenvalue weighted by Crippen LogP contribution is 2.21. The Morgan fingerprint density at radius 1 is 0.691 bits per heavy atom. The molecule has 0 aliphatic heterocycles. The van der Waals surface area contributed by atoms with Crippen molar-refractivity contribution >= 4 is 52.2 Å². The van der Waals surface area contributed by atoms with Gasteiger partial charge in [-0.1, -0.05) is 53.7 Å². The summed E-state index contributed by atoms with van der Waals surface area (Å²) in [5.74, 6) is -4.85. The van der Waals surface area contributed by atoms with Crippen LogP contribution in [0.5, 0.6) is 5.75 Å². The Bertz CT molecular complexity index is 1900. The number of hydrogen-bond donors (Lipinski definition) is 7. The molecule has 0 fully saturated rings. The number of anilines is 1. The van der Waals surface area contributed by atoms with Gasteiger partial charge in [-0.25, -0.2) is 4.79 Å². The van der Waals surface area contributed by atoms with Crippen LogP contribution in [0.1, 0.15) is 78.4 Å². The minimum Gasteiger partial charge on any atom is -0.508 e. The number of amides is 5. The molecule has 3 aromatic rings. The van der Waals surface area contributed by atoms with E-state index in [1.54, 1.807) is 45.0 Å². The van der Waals surface area contributed by atoms with Gasteiger partial charge in [0.25, 0.3) is 0 Å². The SMILES string of the molecule is Cc1cc(=O)oc2cc(NC(=O)[C@H](Cc3ccc(O)cc3)NC(=O)[C@@H](NC(=O)C(CC(C)C)NC(=O)C(CC(C)C)NC(=O)CCC(=O)O)C(C)C)ccc12. The predicted molar refractivity (Wildman–Crippen MR) is 206 cm³/mol. The summed E-state index contributed by atoms with van der Waals surface area (Å²) >= 11 is 0. The smallest absolute Gasteiger partial charge is 0.336 e. The first kappa shape index (κ1) is 43.7. The number of carbonyl (C=O) groups excluding carboxylic acids is 5. The lowest BCUT2D eigenvalue weighted by Crippen LogP contribution is -2.59. The van der Waals surface area contributed by atoms with Crippen LogP contribution in [0.4, 0.5) is 5.69 Å². The van der Waals surface area contributed by atoms with Gasteiger partial charge in [-0.2, -0.15) is 0 Å². The van der Waals surface area contributed by atoms with Crippen LogP contribution < -0.4 is 32.2 Å². The predicted octanol–water partition coefficient (Wildman–Crippen LogP) is 3.54. The van der Waals surface area contributed by atoms with Crippen LogP contribution in [0.3, 0.4) is 0 Å². The minimum atomic E-state index is -1.16. The molecule has 1 heterocycles. The number of aliphatic carboxylic acids is 1. The number of phenolic OH excluding ortho intramolecular Hbond substituents is 1. The molecule has 15 nitrogen and oxygen atoms in total. The van der Waals surface area contributed by atoms with Gasteiger partial charge < -0.3 is 41.2 Å². The van der Waals surface area contributed by atoms with Crippen LogP contribution in [0.25, 0.3) is 11.0 Å². The molecule has 0 aliphatic rings. The van der Waals surface area contributed by atoms with Crippen molar-refractivity contribution in [3.63, 3.8) is 0 Å². The van der Waals surface area contributed by atoms with E-state index in [1.807, 2.05) is 27.7 Å². The highest BCUT2D eigenvalue weighted by molar-refractivity contribution is 6.00. The summed E-state index contributed by atoms with van der Waals surface area (Å²) in [6.45, 7) is 12.6. The van der Waals surface area contributed by atoms with E-state index < -0.39 is 77.6 Å². The number of benzene rings is 2. The fraction of sp³-hybridized carbons (Fsp3) is 0.475. The molecular weight excluding hydrogens is 710 g/mol. The van der Waals surface area contributed by atoms with E-state index >= 15 is 0 Å². The van der Waals surface area contributed by atoms with Gasteiger partial charge in [0.2, 0.25) is 29.5 Å². The zero-order valence-electron chi connectivity index (χ0n) is 32.4. The van der Waals surface area contributed by atoms with E-state index in [-0.39, 0.29) is 48.9 Å². The summed E-state index contributed by atoms with van der Waals surface area (Å²) in [6.07, 6.45) is -0.277. The third-order valence-electron chi connectivity index (χ3n) is 8.74. The molecule has 15 heteroatoms. The molecule has 2 aromatic carbocycles. The number of carboxylic acids is 1. The Kier molecular flexibility index (Phi) is 16.0. The van der Waals surface area contributed by atoms with Crippen LogP contribution in [0.15, 0.2) is 57.7 Å². The first-order valence-corrected chi connectivity index (χ1v) is 18.4. The number of aromatic hydroxyl groups is 1. The summed E-state index contributed by atoms with van der Waals surface area (Å²) in [4.78, 5) is 90.4. The molecular formula is C40H53N5O10. The second-order valence-corrected chi connectivity index (χ2v) is 14.9. The van der Waals surface area contributed by atoms with E-state index in [0.29, 0.717) is 22.2 Å². The Balaban J connectivity index is 1.83. The first-order chi connectivity index (χ1) is 25.8. The van der Waals surface area contributed by atoms with Crippen molar-refractivity contribution in [2.75, 3.05) is 5.32 Å². The monoisotopic (exact) mass is 763 g/mol. The van der Waals surface area contributed by atoms with Crippen LogP contribution >= 0.6 is 0 Å². The average Bonchev–Trinajstić information content (AvgIpc) is 3.08. The molecule has 55 heavy (non-hydrogen) atoms. The number of carbonyl (C=O) groups is 6. The third-order valence-corrected chi connectivity index (χ3v) is 8.74. The lowest BCUT2D eigenvalue weighted by atomic mass is 9.98. The molecule has 0 aliphatic carbocycles. The number of nitrogens with one attached hydrogen (secondary N) is 5. The van der Waals surface area contributed by atoms with Crippen molar-refractivity contribution in [3.05, 3.63) is 70.1 Å². The Morgan fingerprint density at radius 2 is 1.27 bits per heavy atom. The highest BCUT2D eigenvalue weighted by atomic mass is 16.4. The first-order valence-electron chi connectivity index (χ1n) is 18.4. The summed E-state index contributed by atoms with van der Waals surface area (Å²) in [6, 6.07) is 7.89. The molecule has 0 bridgehead atoms. The number of rotatable bonds is 19. The molecule has 5 amide bonds. The van der Waals surface area contributed by atoms with Gasteiger partial charge >= 0.3 is 11.6 Å². The lowest BCUT2D eigenvalue weighted by Gasteiger charge is -2.29. The van der Waals surface area contributed by atoms with E-state index in [9.17, 15) is 38.7 Å². The second kappa shape index (κ2) is 20.1. The fourth-order valence-electron chi connectivity index (χ4n) is 5.92. The minimum absolute atomic E-state index is 0.0137. The van der Waals surface area contributed by atoms with Crippen molar-refractivity contribution in [1.29, 1.82) is 0 Å². The number of carboxylic acid groups (broad SMARTS) is 1. The van der Waals surface area contributed by atoms with Crippen molar-refractivity contribution in [2.24, 2.45) is 17.8 Å². The largest absolute Gasteiger partial charge is 0.508 e. The maximum Gasteiger partial charge on any atom is 0.336 e. The summed E-state index contributed by atoms with van der Waals surface area (Å²) in [5.41, 5.74) is 1.36. The topological polar surface area (TPSA) is 233 Å². The number of aryl methyl sites for hydroxylation is 1. The molecule has 0 radical (unpaired) electrons. The zero-order valence-corrected chi connectivity index (χ0v) is 32.4. The van der Waals surface area contributed by atoms with Crippen LogP contribution in [0.2, 0.25) is 0 Å².